The second-order valence-electron chi connectivity index (χ2n) is 3.72. The van der Waals surface area contributed by atoms with Crippen molar-refractivity contribution in [3.8, 4) is 5.75 Å². The molecule has 2 aromatic carbocycles. The van der Waals surface area contributed by atoms with Crippen molar-refractivity contribution in [1.29, 1.82) is 0 Å². The van der Waals surface area contributed by atoms with Gasteiger partial charge in [-0.15, -0.1) is 0 Å². The van der Waals surface area contributed by atoms with Crippen molar-refractivity contribution in [3.63, 3.8) is 0 Å². The second kappa shape index (κ2) is 5.71. The maximum Gasteiger partial charge on any atom is 0.119 e. The molecular weight excluding hydrogens is 236 g/mol. The highest BCUT2D eigenvalue weighted by Gasteiger charge is 1.97. The maximum absolute atomic E-state index is 8.91. The van der Waals surface area contributed by atoms with Crippen LogP contribution in [0.1, 0.15) is 11.1 Å². The van der Waals surface area contributed by atoms with Gasteiger partial charge < -0.3 is 9.84 Å². The van der Waals surface area contributed by atoms with Crippen LogP contribution in [0, 0.1) is 0 Å². The van der Waals surface area contributed by atoms with Crippen molar-refractivity contribution in [2.45, 2.75) is 13.2 Å². The van der Waals surface area contributed by atoms with E-state index in [2.05, 4.69) is 0 Å². The third-order valence-corrected chi connectivity index (χ3v) is 2.64. The standard InChI is InChI=1S/C14H13ClO2/c15-13-3-1-2-12(8-13)10-17-14-6-4-11(9-16)5-7-14/h1-8,16H,9-10H2. The molecule has 0 saturated heterocycles. The van der Waals surface area contributed by atoms with Crippen molar-refractivity contribution in [2.75, 3.05) is 0 Å². The van der Waals surface area contributed by atoms with Gasteiger partial charge in [0, 0.05) is 5.02 Å². The minimum absolute atomic E-state index is 0.0502. The van der Waals surface area contributed by atoms with Gasteiger partial charge in [-0.1, -0.05) is 35.9 Å². The highest BCUT2D eigenvalue weighted by Crippen LogP contribution is 2.16. The summed E-state index contributed by atoms with van der Waals surface area (Å²) in [6.07, 6.45) is 0. The highest BCUT2D eigenvalue weighted by molar-refractivity contribution is 6.30. The molecule has 2 aromatic rings. The first-order chi connectivity index (χ1) is 8.28. The minimum Gasteiger partial charge on any atom is -0.489 e. The van der Waals surface area contributed by atoms with Gasteiger partial charge >= 0.3 is 0 Å². The SMILES string of the molecule is OCc1ccc(OCc2cccc(Cl)c2)cc1. The van der Waals surface area contributed by atoms with E-state index in [1.165, 1.54) is 0 Å². The summed E-state index contributed by atoms with van der Waals surface area (Å²) in [6, 6.07) is 14.9. The summed E-state index contributed by atoms with van der Waals surface area (Å²) in [4.78, 5) is 0. The van der Waals surface area contributed by atoms with Gasteiger partial charge in [-0.3, -0.25) is 0 Å². The molecule has 1 N–H and O–H groups in total. The monoisotopic (exact) mass is 248 g/mol. The van der Waals surface area contributed by atoms with Crippen molar-refractivity contribution in [2.24, 2.45) is 0 Å². The molecule has 0 saturated carbocycles. The Labute approximate surface area is 105 Å². The molecule has 0 atom stereocenters. The van der Waals surface area contributed by atoms with E-state index in [-0.39, 0.29) is 6.61 Å². The Kier molecular flexibility index (Phi) is 4.02. The molecule has 0 spiro atoms. The average molecular weight is 249 g/mol. The molecular formula is C14H13ClO2. The topological polar surface area (TPSA) is 29.5 Å². The van der Waals surface area contributed by atoms with Crippen LogP contribution in [0.4, 0.5) is 0 Å². The molecule has 0 aromatic heterocycles. The molecule has 88 valence electrons. The molecule has 0 aliphatic carbocycles. The Morgan fingerprint density at radius 3 is 2.41 bits per heavy atom. The number of ether oxygens (including phenoxy) is 1. The van der Waals surface area contributed by atoms with Gasteiger partial charge in [0.05, 0.1) is 6.61 Å². The number of aliphatic hydroxyl groups is 1. The van der Waals surface area contributed by atoms with Crippen LogP contribution in [-0.4, -0.2) is 5.11 Å². The molecule has 3 heteroatoms. The Morgan fingerprint density at radius 1 is 1.00 bits per heavy atom. The molecule has 2 rings (SSSR count). The van der Waals surface area contributed by atoms with Crippen LogP contribution in [0.15, 0.2) is 48.5 Å². The molecule has 0 radical (unpaired) electrons. The predicted octanol–water partition coefficient (Wildman–Crippen LogP) is 3.41. The van der Waals surface area contributed by atoms with E-state index in [1.54, 1.807) is 0 Å². The zero-order valence-electron chi connectivity index (χ0n) is 9.27. The van der Waals surface area contributed by atoms with Crippen LogP contribution >= 0.6 is 11.6 Å². The van der Waals surface area contributed by atoms with Gasteiger partial charge in [0.1, 0.15) is 12.4 Å². The lowest BCUT2D eigenvalue weighted by atomic mass is 10.2. The number of rotatable bonds is 4. The molecule has 0 heterocycles. The second-order valence-corrected chi connectivity index (χ2v) is 4.16. The highest BCUT2D eigenvalue weighted by atomic mass is 35.5. The van der Waals surface area contributed by atoms with E-state index < -0.39 is 0 Å². The fraction of sp³-hybridized carbons (Fsp3) is 0.143. The molecule has 2 nitrogen and oxygen atoms in total. The van der Waals surface area contributed by atoms with Gasteiger partial charge in [0.25, 0.3) is 0 Å². The number of hydrogen-bond donors (Lipinski definition) is 1. The lowest BCUT2D eigenvalue weighted by molar-refractivity contribution is 0.280. The Morgan fingerprint density at radius 2 is 1.76 bits per heavy atom. The predicted molar refractivity (Wildman–Crippen MR) is 68.1 cm³/mol. The molecule has 0 bridgehead atoms. The average Bonchev–Trinajstić information content (AvgIpc) is 2.37. The zero-order valence-corrected chi connectivity index (χ0v) is 10.0. The first-order valence-corrected chi connectivity index (χ1v) is 5.73. The van der Waals surface area contributed by atoms with Crippen molar-refractivity contribution < 1.29 is 9.84 Å². The van der Waals surface area contributed by atoms with E-state index in [0.29, 0.717) is 11.6 Å². The van der Waals surface area contributed by atoms with Crippen LogP contribution in [0.3, 0.4) is 0 Å². The molecule has 0 amide bonds. The third-order valence-electron chi connectivity index (χ3n) is 2.40. The van der Waals surface area contributed by atoms with E-state index >= 15 is 0 Å². The Bertz CT molecular complexity index is 480. The lowest BCUT2D eigenvalue weighted by Crippen LogP contribution is -1.95. The normalized spacial score (nSPS) is 10.2. The number of benzene rings is 2. The Balaban J connectivity index is 1.97. The zero-order chi connectivity index (χ0) is 12.1. The van der Waals surface area contributed by atoms with Crippen LogP contribution < -0.4 is 4.74 Å². The summed E-state index contributed by atoms with van der Waals surface area (Å²) >= 11 is 5.88. The first-order valence-electron chi connectivity index (χ1n) is 5.35. The van der Waals surface area contributed by atoms with Gasteiger partial charge in [-0.25, -0.2) is 0 Å². The number of halogens is 1. The summed E-state index contributed by atoms with van der Waals surface area (Å²) in [6.45, 7) is 0.535. The van der Waals surface area contributed by atoms with Gasteiger partial charge in [-0.2, -0.15) is 0 Å². The molecule has 17 heavy (non-hydrogen) atoms. The summed E-state index contributed by atoms with van der Waals surface area (Å²) < 4.78 is 5.61. The quantitative estimate of drug-likeness (QED) is 0.899. The smallest absolute Gasteiger partial charge is 0.119 e. The van der Waals surface area contributed by atoms with Crippen LogP contribution in [0.2, 0.25) is 5.02 Å². The van der Waals surface area contributed by atoms with Crippen LogP contribution in [0.5, 0.6) is 5.75 Å². The van der Waals surface area contributed by atoms with E-state index in [1.807, 2.05) is 48.5 Å². The fourth-order valence-corrected chi connectivity index (χ4v) is 1.70. The van der Waals surface area contributed by atoms with Gasteiger partial charge in [0.15, 0.2) is 0 Å². The molecule has 0 aliphatic heterocycles. The van der Waals surface area contributed by atoms with Crippen molar-refractivity contribution in [1.82, 2.24) is 0 Å². The van der Waals surface area contributed by atoms with E-state index in [0.717, 1.165) is 16.9 Å². The van der Waals surface area contributed by atoms with Crippen molar-refractivity contribution in [3.05, 3.63) is 64.7 Å². The molecule has 0 fully saturated rings. The largest absolute Gasteiger partial charge is 0.489 e. The molecule has 0 unspecified atom stereocenters. The fourth-order valence-electron chi connectivity index (χ4n) is 1.48. The lowest BCUT2D eigenvalue weighted by Gasteiger charge is -2.07. The number of hydrogen-bond acceptors (Lipinski definition) is 2. The number of aliphatic hydroxyl groups excluding tert-OH is 1. The first kappa shape index (κ1) is 12.0. The van der Waals surface area contributed by atoms with Gasteiger partial charge in [-0.05, 0) is 35.4 Å². The van der Waals surface area contributed by atoms with Crippen LogP contribution in [0.25, 0.3) is 0 Å². The summed E-state index contributed by atoms with van der Waals surface area (Å²) in [5.41, 5.74) is 1.91. The summed E-state index contributed by atoms with van der Waals surface area (Å²) in [7, 11) is 0. The van der Waals surface area contributed by atoms with E-state index in [9.17, 15) is 0 Å². The minimum atomic E-state index is 0.0502. The van der Waals surface area contributed by atoms with E-state index in [4.69, 9.17) is 21.4 Å². The van der Waals surface area contributed by atoms with Gasteiger partial charge in [0.2, 0.25) is 0 Å². The summed E-state index contributed by atoms with van der Waals surface area (Å²) in [5, 5.41) is 9.62. The van der Waals surface area contributed by atoms with Crippen LogP contribution in [-0.2, 0) is 13.2 Å². The molecule has 0 aliphatic rings. The maximum atomic E-state index is 8.91. The summed E-state index contributed by atoms with van der Waals surface area (Å²) in [5.74, 6) is 0.780. The Hall–Kier alpha value is -1.51. The third kappa shape index (κ3) is 3.48. The van der Waals surface area contributed by atoms with Crippen molar-refractivity contribution >= 4 is 11.6 Å².